The van der Waals surface area contributed by atoms with Crippen LogP contribution in [-0.4, -0.2) is 39.9 Å². The van der Waals surface area contributed by atoms with E-state index in [0.29, 0.717) is 49.5 Å². The molecule has 0 spiro atoms. The Morgan fingerprint density at radius 2 is 1.82 bits per heavy atom. The summed E-state index contributed by atoms with van der Waals surface area (Å²) in [7, 11) is 0. The van der Waals surface area contributed by atoms with Crippen LogP contribution in [0.5, 0.6) is 11.6 Å². The number of nitrogens with one attached hydrogen (secondary N) is 3. The van der Waals surface area contributed by atoms with Crippen LogP contribution in [0.25, 0.3) is 10.2 Å². The highest BCUT2D eigenvalue weighted by Gasteiger charge is 2.35. The number of rotatable bonds is 6. The molecule has 1 aliphatic carbocycles. The van der Waals surface area contributed by atoms with Gasteiger partial charge in [0.2, 0.25) is 11.8 Å². The molecule has 3 N–H and O–H groups in total. The van der Waals surface area contributed by atoms with Crippen molar-refractivity contribution in [1.29, 1.82) is 0 Å². The Morgan fingerprint density at radius 1 is 1.05 bits per heavy atom. The molecule has 10 nitrogen and oxygen atoms in total. The standard InChI is InChI=1S/C28H26N6O4S/c1-15-20(11-12-22(30-15)38-17-7-4-3-5-8-17)34-21-13-14-29-27-23(21)24(33-28(34)37)25(39-27)26(36)32-19-10-6-9-18(19)31-16(2)35/h3-5,7-8,11-14,18-19H,6,9-10H2,1-2H3,(H,31,35)(H,32,36)(H,33,37)/t18-,19-/m1/s1. The first-order valence-corrected chi connectivity index (χ1v) is 13.5. The summed E-state index contributed by atoms with van der Waals surface area (Å²) in [4.78, 5) is 50.1. The van der Waals surface area contributed by atoms with Crippen LogP contribution in [-0.2, 0) is 4.79 Å². The number of nitrogens with zero attached hydrogens (tertiary/aromatic N) is 3. The third kappa shape index (κ3) is 4.65. The van der Waals surface area contributed by atoms with Crippen LogP contribution in [0.15, 0.2) is 54.7 Å². The minimum absolute atomic E-state index is 0.111. The van der Waals surface area contributed by atoms with E-state index in [1.807, 2.05) is 37.3 Å². The summed E-state index contributed by atoms with van der Waals surface area (Å²) in [5, 5.41) is 9.60. The van der Waals surface area contributed by atoms with Crippen LogP contribution in [0.2, 0.25) is 0 Å². The van der Waals surface area contributed by atoms with Crippen molar-refractivity contribution in [3.8, 4) is 11.6 Å². The molecular formula is C28H26N6O4S. The van der Waals surface area contributed by atoms with Crippen LogP contribution in [0, 0.1) is 6.92 Å². The minimum atomic E-state index is -0.402. The van der Waals surface area contributed by atoms with Gasteiger partial charge in [0.05, 0.1) is 28.1 Å². The number of aromatic nitrogens is 2. The molecule has 11 heteroatoms. The van der Waals surface area contributed by atoms with Crippen molar-refractivity contribution < 1.29 is 19.1 Å². The van der Waals surface area contributed by atoms with E-state index >= 15 is 0 Å². The molecule has 1 aliphatic heterocycles. The highest BCUT2D eigenvalue weighted by Crippen LogP contribution is 2.46. The van der Waals surface area contributed by atoms with E-state index in [2.05, 4.69) is 25.9 Å². The van der Waals surface area contributed by atoms with Crippen molar-refractivity contribution in [3.63, 3.8) is 0 Å². The second kappa shape index (κ2) is 9.99. The molecule has 4 aromatic rings. The van der Waals surface area contributed by atoms with Gasteiger partial charge in [0.25, 0.3) is 5.91 Å². The van der Waals surface area contributed by atoms with E-state index in [-0.39, 0.29) is 23.9 Å². The van der Waals surface area contributed by atoms with Crippen molar-refractivity contribution in [2.24, 2.45) is 0 Å². The molecule has 1 saturated carbocycles. The molecule has 4 amide bonds. The Labute approximate surface area is 228 Å². The lowest BCUT2D eigenvalue weighted by molar-refractivity contribution is -0.119. The number of ether oxygens (including phenoxy) is 1. The van der Waals surface area contributed by atoms with Gasteiger partial charge in [-0.3, -0.25) is 14.5 Å². The average molecular weight is 543 g/mol. The van der Waals surface area contributed by atoms with Gasteiger partial charge in [0, 0.05) is 31.3 Å². The van der Waals surface area contributed by atoms with Crippen LogP contribution in [0.3, 0.4) is 0 Å². The number of benzene rings is 1. The Kier molecular flexibility index (Phi) is 6.35. The lowest BCUT2D eigenvalue weighted by Crippen LogP contribution is -2.48. The number of amides is 4. The molecular weight excluding hydrogens is 516 g/mol. The summed E-state index contributed by atoms with van der Waals surface area (Å²) >= 11 is 1.23. The Morgan fingerprint density at radius 3 is 2.56 bits per heavy atom. The molecule has 2 aliphatic rings. The van der Waals surface area contributed by atoms with Crippen LogP contribution in [0.4, 0.5) is 21.9 Å². The number of urea groups is 1. The van der Waals surface area contributed by atoms with Gasteiger partial charge >= 0.3 is 6.03 Å². The lowest BCUT2D eigenvalue weighted by Gasteiger charge is -2.29. The summed E-state index contributed by atoms with van der Waals surface area (Å²) in [5.74, 6) is 0.664. The maximum absolute atomic E-state index is 13.5. The molecule has 3 aromatic heterocycles. The Balaban J connectivity index is 1.31. The van der Waals surface area contributed by atoms with Crippen LogP contribution in [0.1, 0.15) is 41.6 Å². The first-order chi connectivity index (χ1) is 18.9. The maximum atomic E-state index is 13.5. The number of carbonyl (C=O) groups excluding carboxylic acids is 3. The molecule has 0 bridgehead atoms. The van der Waals surface area contributed by atoms with Crippen molar-refractivity contribution in [2.75, 3.05) is 10.2 Å². The van der Waals surface area contributed by atoms with Gasteiger partial charge in [-0.15, -0.1) is 11.3 Å². The van der Waals surface area contributed by atoms with E-state index in [1.165, 1.54) is 18.3 Å². The third-order valence-electron chi connectivity index (χ3n) is 6.91. The molecule has 0 unspecified atom stereocenters. The lowest BCUT2D eigenvalue weighted by atomic mass is 10.1. The molecule has 4 heterocycles. The zero-order chi connectivity index (χ0) is 27.1. The molecule has 1 fully saturated rings. The summed E-state index contributed by atoms with van der Waals surface area (Å²) in [6, 6.07) is 13.9. The predicted octanol–water partition coefficient (Wildman–Crippen LogP) is 5.26. The van der Waals surface area contributed by atoms with E-state index in [9.17, 15) is 14.4 Å². The number of aryl methyl sites for hydroxylation is 1. The molecule has 0 radical (unpaired) electrons. The Bertz CT molecular complexity index is 1600. The molecule has 39 heavy (non-hydrogen) atoms. The van der Waals surface area contributed by atoms with E-state index in [0.717, 1.165) is 19.3 Å². The quantitative estimate of drug-likeness (QED) is 0.305. The third-order valence-corrected chi connectivity index (χ3v) is 8.01. The first-order valence-electron chi connectivity index (χ1n) is 12.7. The number of anilines is 3. The van der Waals surface area contributed by atoms with Crippen LogP contribution >= 0.6 is 11.3 Å². The number of hydrogen-bond acceptors (Lipinski definition) is 7. The van der Waals surface area contributed by atoms with Crippen LogP contribution < -0.4 is 25.6 Å². The van der Waals surface area contributed by atoms with E-state index in [1.54, 1.807) is 29.3 Å². The second-order valence-corrected chi connectivity index (χ2v) is 10.6. The second-order valence-electron chi connectivity index (χ2n) is 9.57. The summed E-state index contributed by atoms with van der Waals surface area (Å²) in [6.45, 7) is 3.29. The fourth-order valence-corrected chi connectivity index (χ4v) is 6.24. The van der Waals surface area contributed by atoms with Crippen molar-refractivity contribution in [3.05, 3.63) is 65.3 Å². The molecule has 2 atom stereocenters. The zero-order valence-electron chi connectivity index (χ0n) is 21.4. The number of carbonyl (C=O) groups is 3. The SMILES string of the molecule is CC(=O)N[C@@H]1CCC[C@H]1NC(=O)c1sc2nccc3c2c1NC(=O)N3c1ccc(Oc2ccccc2)nc1C. The molecule has 0 saturated heterocycles. The van der Waals surface area contributed by atoms with Crippen molar-refractivity contribution in [2.45, 2.75) is 45.2 Å². The predicted molar refractivity (Wildman–Crippen MR) is 149 cm³/mol. The highest BCUT2D eigenvalue weighted by molar-refractivity contribution is 7.21. The number of pyridine rings is 2. The number of thiophene rings is 1. The monoisotopic (exact) mass is 542 g/mol. The fourth-order valence-electron chi connectivity index (χ4n) is 5.22. The Hall–Kier alpha value is -4.51. The smallest absolute Gasteiger partial charge is 0.331 e. The fraction of sp³-hybridized carbons (Fsp3) is 0.250. The number of hydrogen-bond donors (Lipinski definition) is 3. The number of para-hydroxylation sites is 1. The highest BCUT2D eigenvalue weighted by atomic mass is 32.1. The minimum Gasteiger partial charge on any atom is -0.439 e. The molecule has 1 aromatic carbocycles. The van der Waals surface area contributed by atoms with E-state index < -0.39 is 6.03 Å². The average Bonchev–Trinajstić information content (AvgIpc) is 3.50. The van der Waals surface area contributed by atoms with Gasteiger partial charge in [-0.25, -0.2) is 14.8 Å². The van der Waals surface area contributed by atoms with Gasteiger partial charge < -0.3 is 20.7 Å². The topological polar surface area (TPSA) is 126 Å². The van der Waals surface area contributed by atoms with Gasteiger partial charge in [-0.1, -0.05) is 18.2 Å². The first kappa shape index (κ1) is 24.8. The van der Waals surface area contributed by atoms with Gasteiger partial charge in [0.15, 0.2) is 0 Å². The molecule has 6 rings (SSSR count). The van der Waals surface area contributed by atoms with Gasteiger partial charge in [0.1, 0.15) is 15.5 Å². The molecule has 198 valence electrons. The summed E-state index contributed by atoms with van der Waals surface area (Å²) in [6.07, 6.45) is 4.13. The summed E-state index contributed by atoms with van der Waals surface area (Å²) in [5.41, 5.74) is 2.26. The van der Waals surface area contributed by atoms with Crippen molar-refractivity contribution in [1.82, 2.24) is 20.6 Å². The largest absolute Gasteiger partial charge is 0.439 e. The summed E-state index contributed by atoms with van der Waals surface area (Å²) < 4.78 is 5.85. The van der Waals surface area contributed by atoms with Gasteiger partial charge in [-0.05, 0) is 50.5 Å². The van der Waals surface area contributed by atoms with E-state index in [4.69, 9.17) is 4.74 Å². The van der Waals surface area contributed by atoms with Gasteiger partial charge in [-0.2, -0.15) is 0 Å². The maximum Gasteiger partial charge on any atom is 0.331 e. The zero-order valence-corrected chi connectivity index (χ0v) is 22.2. The normalized spacial score (nSPS) is 18.1. The van der Waals surface area contributed by atoms with Crippen molar-refractivity contribution >= 4 is 56.5 Å².